The largest absolute Gasteiger partial charge is 0.481 e. The fraction of sp³-hybridized carbons (Fsp3) is 0.350. The standard InChI is InChI=1S/C20H24N2O5/c1-13(2)21-18(23)8-5-9-19(24)22-16-10-11-17(27-12-20(25)26)15-7-4-3-6-14(15)16/h3-4,6-7,10-11,13H,5,8-9,12H2,1-2H3,(H,21,23)(H,22,24)(H,25,26). The molecule has 144 valence electrons. The Kier molecular flexibility index (Phi) is 7.16. The second-order valence-corrected chi connectivity index (χ2v) is 6.46. The van der Waals surface area contributed by atoms with Crippen LogP contribution < -0.4 is 15.4 Å². The Hall–Kier alpha value is -3.09. The number of fused-ring (bicyclic) bond motifs is 1. The number of hydrogen-bond donors (Lipinski definition) is 3. The number of carboxylic acid groups (broad SMARTS) is 1. The van der Waals surface area contributed by atoms with Crippen molar-refractivity contribution in [1.29, 1.82) is 0 Å². The normalized spacial score (nSPS) is 10.6. The lowest BCUT2D eigenvalue weighted by molar-refractivity contribution is -0.139. The molecular weight excluding hydrogens is 348 g/mol. The summed E-state index contributed by atoms with van der Waals surface area (Å²) in [6.07, 6.45) is 0.994. The molecule has 0 atom stereocenters. The molecule has 0 aliphatic carbocycles. The molecule has 0 aliphatic heterocycles. The summed E-state index contributed by atoms with van der Waals surface area (Å²) in [5.41, 5.74) is 0.616. The van der Waals surface area contributed by atoms with E-state index in [-0.39, 0.29) is 24.3 Å². The molecule has 2 aromatic rings. The van der Waals surface area contributed by atoms with Crippen molar-refractivity contribution in [2.45, 2.75) is 39.2 Å². The molecule has 0 unspecified atom stereocenters. The SMILES string of the molecule is CC(C)NC(=O)CCCC(=O)Nc1ccc(OCC(=O)O)c2ccccc12. The molecule has 0 fully saturated rings. The lowest BCUT2D eigenvalue weighted by Crippen LogP contribution is -2.30. The van der Waals surface area contributed by atoms with E-state index in [0.29, 0.717) is 29.7 Å². The first kappa shape index (κ1) is 20.2. The topological polar surface area (TPSA) is 105 Å². The minimum atomic E-state index is -1.06. The second-order valence-electron chi connectivity index (χ2n) is 6.46. The Labute approximate surface area is 157 Å². The zero-order valence-electron chi connectivity index (χ0n) is 15.5. The summed E-state index contributed by atoms with van der Waals surface area (Å²) in [5, 5.41) is 15.9. The number of nitrogens with one attached hydrogen (secondary N) is 2. The van der Waals surface area contributed by atoms with Gasteiger partial charge in [0.25, 0.3) is 0 Å². The zero-order valence-corrected chi connectivity index (χ0v) is 15.5. The van der Waals surface area contributed by atoms with Gasteiger partial charge in [-0.2, -0.15) is 0 Å². The molecule has 0 aliphatic rings. The van der Waals surface area contributed by atoms with Gasteiger partial charge in [0.1, 0.15) is 5.75 Å². The Bertz CT molecular complexity index is 832. The molecule has 7 nitrogen and oxygen atoms in total. The Balaban J connectivity index is 2.02. The molecule has 2 amide bonds. The van der Waals surface area contributed by atoms with Gasteiger partial charge in [-0.05, 0) is 32.4 Å². The molecule has 0 saturated heterocycles. The molecule has 0 saturated carbocycles. The predicted molar refractivity (Wildman–Crippen MR) is 103 cm³/mol. The number of aliphatic carboxylic acids is 1. The molecule has 2 rings (SSSR count). The maximum atomic E-state index is 12.2. The van der Waals surface area contributed by atoms with Crippen LogP contribution in [-0.4, -0.2) is 35.5 Å². The van der Waals surface area contributed by atoms with Crippen LogP contribution in [0.15, 0.2) is 36.4 Å². The quantitative estimate of drug-likeness (QED) is 0.628. The van der Waals surface area contributed by atoms with Gasteiger partial charge < -0.3 is 20.5 Å². The van der Waals surface area contributed by atoms with Crippen molar-refractivity contribution in [2.24, 2.45) is 0 Å². The second kappa shape index (κ2) is 9.56. The van der Waals surface area contributed by atoms with Gasteiger partial charge in [0.15, 0.2) is 6.61 Å². The van der Waals surface area contributed by atoms with Crippen LogP contribution in [0.5, 0.6) is 5.75 Å². The van der Waals surface area contributed by atoms with Crippen molar-refractivity contribution in [2.75, 3.05) is 11.9 Å². The summed E-state index contributed by atoms with van der Waals surface area (Å²) in [6.45, 7) is 3.34. The van der Waals surface area contributed by atoms with E-state index in [1.54, 1.807) is 18.2 Å². The molecule has 2 aromatic carbocycles. The fourth-order valence-electron chi connectivity index (χ4n) is 2.66. The van der Waals surface area contributed by atoms with Gasteiger partial charge in [-0.1, -0.05) is 24.3 Å². The monoisotopic (exact) mass is 372 g/mol. The van der Waals surface area contributed by atoms with Crippen molar-refractivity contribution in [3.05, 3.63) is 36.4 Å². The van der Waals surface area contributed by atoms with Crippen LogP contribution in [0.3, 0.4) is 0 Å². The number of rotatable bonds is 9. The summed E-state index contributed by atoms with van der Waals surface area (Å²) in [5.74, 6) is -0.866. The third kappa shape index (κ3) is 6.29. The van der Waals surface area contributed by atoms with E-state index in [1.807, 2.05) is 32.0 Å². The van der Waals surface area contributed by atoms with E-state index in [9.17, 15) is 14.4 Å². The van der Waals surface area contributed by atoms with Crippen molar-refractivity contribution >= 4 is 34.2 Å². The van der Waals surface area contributed by atoms with Crippen LogP contribution in [0.1, 0.15) is 33.1 Å². The first-order valence-corrected chi connectivity index (χ1v) is 8.82. The molecule has 0 bridgehead atoms. The highest BCUT2D eigenvalue weighted by Crippen LogP contribution is 2.31. The van der Waals surface area contributed by atoms with Crippen molar-refractivity contribution in [1.82, 2.24) is 5.32 Å². The van der Waals surface area contributed by atoms with E-state index in [0.717, 1.165) is 5.39 Å². The Morgan fingerprint density at radius 2 is 1.67 bits per heavy atom. The Morgan fingerprint density at radius 1 is 1.00 bits per heavy atom. The predicted octanol–water partition coefficient (Wildman–Crippen LogP) is 2.94. The molecule has 0 spiro atoms. The van der Waals surface area contributed by atoms with Gasteiger partial charge in [0, 0.05) is 35.3 Å². The van der Waals surface area contributed by atoms with Crippen molar-refractivity contribution in [3.8, 4) is 5.75 Å². The maximum Gasteiger partial charge on any atom is 0.341 e. The van der Waals surface area contributed by atoms with Gasteiger partial charge in [0.2, 0.25) is 11.8 Å². The van der Waals surface area contributed by atoms with Crippen molar-refractivity contribution in [3.63, 3.8) is 0 Å². The highest BCUT2D eigenvalue weighted by Gasteiger charge is 2.11. The van der Waals surface area contributed by atoms with Crippen LogP contribution in [-0.2, 0) is 14.4 Å². The number of amides is 2. The van der Waals surface area contributed by atoms with Gasteiger partial charge in [-0.25, -0.2) is 4.79 Å². The summed E-state index contributed by atoms with van der Waals surface area (Å²) in [7, 11) is 0. The van der Waals surface area contributed by atoms with E-state index in [1.165, 1.54) is 0 Å². The van der Waals surface area contributed by atoms with Crippen molar-refractivity contribution < 1.29 is 24.2 Å². The first-order chi connectivity index (χ1) is 12.9. The summed E-state index contributed by atoms with van der Waals surface area (Å²) in [6, 6.07) is 10.7. The smallest absolute Gasteiger partial charge is 0.341 e. The van der Waals surface area contributed by atoms with E-state index in [2.05, 4.69) is 10.6 Å². The van der Waals surface area contributed by atoms with Crippen LogP contribution in [0.25, 0.3) is 10.8 Å². The maximum absolute atomic E-state index is 12.2. The number of ether oxygens (including phenoxy) is 1. The minimum Gasteiger partial charge on any atom is -0.481 e. The number of carbonyl (C=O) groups excluding carboxylic acids is 2. The highest BCUT2D eigenvalue weighted by atomic mass is 16.5. The summed E-state index contributed by atoms with van der Waals surface area (Å²) >= 11 is 0. The van der Waals surface area contributed by atoms with Crippen LogP contribution in [0.4, 0.5) is 5.69 Å². The molecule has 27 heavy (non-hydrogen) atoms. The lowest BCUT2D eigenvalue weighted by atomic mass is 10.1. The van der Waals surface area contributed by atoms with E-state index >= 15 is 0 Å². The number of benzene rings is 2. The highest BCUT2D eigenvalue weighted by molar-refractivity contribution is 6.04. The average Bonchev–Trinajstić information content (AvgIpc) is 2.60. The van der Waals surface area contributed by atoms with E-state index < -0.39 is 12.6 Å². The zero-order chi connectivity index (χ0) is 19.8. The number of anilines is 1. The summed E-state index contributed by atoms with van der Waals surface area (Å²) < 4.78 is 5.31. The van der Waals surface area contributed by atoms with Gasteiger partial charge >= 0.3 is 5.97 Å². The van der Waals surface area contributed by atoms with E-state index in [4.69, 9.17) is 9.84 Å². The fourth-order valence-corrected chi connectivity index (χ4v) is 2.66. The van der Waals surface area contributed by atoms with Gasteiger partial charge in [-0.15, -0.1) is 0 Å². The van der Waals surface area contributed by atoms with Crippen LogP contribution >= 0.6 is 0 Å². The number of hydrogen-bond acceptors (Lipinski definition) is 4. The Morgan fingerprint density at radius 3 is 2.33 bits per heavy atom. The van der Waals surface area contributed by atoms with Crippen LogP contribution in [0, 0.1) is 0 Å². The molecule has 7 heteroatoms. The molecular formula is C20H24N2O5. The first-order valence-electron chi connectivity index (χ1n) is 8.82. The number of carboxylic acids is 1. The minimum absolute atomic E-state index is 0.0665. The third-order valence-corrected chi connectivity index (χ3v) is 3.77. The third-order valence-electron chi connectivity index (χ3n) is 3.77. The lowest BCUT2D eigenvalue weighted by Gasteiger charge is -2.13. The summed E-state index contributed by atoms with van der Waals surface area (Å²) in [4.78, 5) is 34.5. The molecule has 3 N–H and O–H groups in total. The van der Waals surface area contributed by atoms with Gasteiger partial charge in [0.05, 0.1) is 0 Å². The number of carbonyl (C=O) groups is 3. The van der Waals surface area contributed by atoms with Crippen LogP contribution in [0.2, 0.25) is 0 Å². The average molecular weight is 372 g/mol. The van der Waals surface area contributed by atoms with Gasteiger partial charge in [-0.3, -0.25) is 9.59 Å². The molecule has 0 heterocycles. The molecule has 0 aromatic heterocycles. The molecule has 0 radical (unpaired) electrons.